The highest BCUT2D eigenvalue weighted by molar-refractivity contribution is 7.89. The molecule has 1 amide bonds. The molecule has 3 rings (SSSR count). The zero-order valence-electron chi connectivity index (χ0n) is 17.7. The van der Waals surface area contributed by atoms with Crippen LogP contribution in [0.2, 0.25) is 0 Å². The van der Waals surface area contributed by atoms with E-state index >= 15 is 0 Å². The largest absolute Gasteiger partial charge is 0.465 e. The quantitative estimate of drug-likeness (QED) is 0.537. The van der Waals surface area contributed by atoms with E-state index in [1.165, 1.54) is 12.1 Å². The van der Waals surface area contributed by atoms with Crippen LogP contribution in [0.15, 0.2) is 59.5 Å². The Labute approximate surface area is 177 Å². The van der Waals surface area contributed by atoms with Crippen LogP contribution >= 0.6 is 0 Å². The molecule has 2 atom stereocenters. The molecule has 30 heavy (non-hydrogen) atoms. The van der Waals surface area contributed by atoms with E-state index in [4.69, 9.17) is 4.74 Å². The van der Waals surface area contributed by atoms with Crippen molar-refractivity contribution in [2.24, 2.45) is 5.92 Å². The third-order valence-corrected chi connectivity index (χ3v) is 7.13. The molecule has 1 aliphatic heterocycles. The minimum absolute atomic E-state index is 0.0279. The topological polar surface area (TPSA) is 80.8 Å². The van der Waals surface area contributed by atoms with E-state index in [2.05, 4.69) is 0 Å². The summed E-state index contributed by atoms with van der Waals surface area (Å²) in [7, 11) is -4.10. The van der Waals surface area contributed by atoms with Crippen LogP contribution in [-0.4, -0.2) is 37.8 Å². The fraction of sp³-hybridized carbons (Fsp3) is 0.391. The van der Waals surface area contributed by atoms with Crippen LogP contribution in [0.5, 0.6) is 0 Å². The van der Waals surface area contributed by atoms with Crippen molar-refractivity contribution in [1.82, 2.24) is 4.31 Å². The number of carbonyl (C=O) groups excluding carboxylic acids is 2. The molecule has 0 N–H and O–H groups in total. The number of hydrogen-bond donors (Lipinski definition) is 0. The van der Waals surface area contributed by atoms with Crippen molar-refractivity contribution in [2.75, 3.05) is 13.2 Å². The Morgan fingerprint density at radius 1 is 1.07 bits per heavy atom. The third kappa shape index (κ3) is 4.12. The number of nitrogens with zero attached hydrogens (tertiary/aromatic N) is 1. The molecular weight excluding hydrogens is 402 g/mol. The van der Waals surface area contributed by atoms with E-state index in [9.17, 15) is 18.0 Å². The Bertz CT molecular complexity index is 1020. The van der Waals surface area contributed by atoms with E-state index in [0.29, 0.717) is 0 Å². The highest BCUT2D eigenvalue weighted by Gasteiger charge is 2.51. The van der Waals surface area contributed by atoms with E-state index in [-0.39, 0.29) is 23.5 Å². The maximum atomic E-state index is 13.3. The summed E-state index contributed by atoms with van der Waals surface area (Å²) in [6.07, 6.45) is 0. The van der Waals surface area contributed by atoms with E-state index < -0.39 is 33.7 Å². The number of amides is 1. The molecular formula is C23H27NO5S. The molecule has 0 saturated carbocycles. The second kappa shape index (κ2) is 8.22. The van der Waals surface area contributed by atoms with Gasteiger partial charge in [-0.15, -0.1) is 0 Å². The summed E-state index contributed by atoms with van der Waals surface area (Å²) in [4.78, 5) is 25.7. The molecule has 0 unspecified atom stereocenters. The van der Waals surface area contributed by atoms with Crippen LogP contribution in [0.3, 0.4) is 0 Å². The lowest BCUT2D eigenvalue weighted by Gasteiger charge is -2.21. The van der Waals surface area contributed by atoms with Gasteiger partial charge in [0, 0.05) is 12.5 Å². The van der Waals surface area contributed by atoms with Crippen molar-refractivity contribution in [3.63, 3.8) is 0 Å². The van der Waals surface area contributed by atoms with Gasteiger partial charge in [-0.25, -0.2) is 12.7 Å². The standard InChI is InChI=1S/C23H27NO5S/c1-5-29-22(26)20-19(16-9-7-6-8-10-16)15-24(21(20)25)30(27,28)18-13-11-17(12-14-18)23(2,3)4/h6-14,19-20H,5,15H2,1-4H3/t19-,20-/m1/s1. The maximum absolute atomic E-state index is 13.3. The van der Waals surface area contributed by atoms with Gasteiger partial charge >= 0.3 is 5.97 Å². The van der Waals surface area contributed by atoms with Crippen molar-refractivity contribution >= 4 is 21.9 Å². The van der Waals surface area contributed by atoms with Gasteiger partial charge in [-0.05, 0) is 35.6 Å². The molecule has 160 valence electrons. The number of rotatable bonds is 5. The Hall–Kier alpha value is -2.67. The maximum Gasteiger partial charge on any atom is 0.319 e. The summed E-state index contributed by atoms with van der Waals surface area (Å²) in [6.45, 7) is 7.78. The second-order valence-electron chi connectivity index (χ2n) is 8.40. The summed E-state index contributed by atoms with van der Waals surface area (Å²) in [5, 5.41) is 0. The summed E-state index contributed by atoms with van der Waals surface area (Å²) >= 11 is 0. The van der Waals surface area contributed by atoms with Crippen LogP contribution in [0, 0.1) is 5.92 Å². The second-order valence-corrected chi connectivity index (χ2v) is 10.3. The van der Waals surface area contributed by atoms with E-state index in [1.54, 1.807) is 43.3 Å². The van der Waals surface area contributed by atoms with Crippen LogP contribution in [0.25, 0.3) is 0 Å². The molecule has 0 radical (unpaired) electrons. The number of benzene rings is 2. The molecule has 0 aromatic heterocycles. The number of sulfonamides is 1. The van der Waals surface area contributed by atoms with Crippen molar-refractivity contribution < 1.29 is 22.7 Å². The van der Waals surface area contributed by atoms with Gasteiger partial charge in [0.25, 0.3) is 15.9 Å². The monoisotopic (exact) mass is 429 g/mol. The third-order valence-electron chi connectivity index (χ3n) is 5.35. The first-order valence-corrected chi connectivity index (χ1v) is 11.4. The van der Waals surface area contributed by atoms with Crippen LogP contribution in [-0.2, 0) is 29.8 Å². The molecule has 6 nitrogen and oxygen atoms in total. The first kappa shape index (κ1) is 22.0. The van der Waals surface area contributed by atoms with Gasteiger partial charge in [0.1, 0.15) is 5.92 Å². The first-order valence-electron chi connectivity index (χ1n) is 9.96. The lowest BCUT2D eigenvalue weighted by atomic mass is 9.87. The molecule has 1 aliphatic rings. The summed E-state index contributed by atoms with van der Waals surface area (Å²) in [5.41, 5.74) is 1.59. The first-order chi connectivity index (χ1) is 14.1. The number of esters is 1. The average Bonchev–Trinajstić information content (AvgIpc) is 3.06. The van der Waals surface area contributed by atoms with Crippen molar-refractivity contribution in [3.8, 4) is 0 Å². The van der Waals surface area contributed by atoms with E-state index in [1.807, 2.05) is 26.8 Å². The minimum atomic E-state index is -4.10. The molecule has 1 heterocycles. The highest BCUT2D eigenvalue weighted by Crippen LogP contribution is 2.37. The van der Waals surface area contributed by atoms with Gasteiger partial charge in [0.2, 0.25) is 0 Å². The van der Waals surface area contributed by atoms with Crippen LogP contribution in [0.4, 0.5) is 0 Å². The molecule has 1 saturated heterocycles. The molecule has 0 bridgehead atoms. The number of ether oxygens (including phenoxy) is 1. The predicted octanol–water partition coefficient (Wildman–Crippen LogP) is 3.48. The van der Waals surface area contributed by atoms with Gasteiger partial charge in [-0.2, -0.15) is 0 Å². The summed E-state index contributed by atoms with van der Waals surface area (Å²) in [5.74, 6) is -3.23. The number of carbonyl (C=O) groups is 2. The normalized spacial score (nSPS) is 19.7. The summed E-state index contributed by atoms with van der Waals surface area (Å²) in [6, 6.07) is 15.5. The van der Waals surface area contributed by atoms with Crippen molar-refractivity contribution in [2.45, 2.75) is 43.9 Å². The van der Waals surface area contributed by atoms with Gasteiger partial charge in [-0.1, -0.05) is 63.2 Å². The van der Waals surface area contributed by atoms with Gasteiger partial charge in [-0.3, -0.25) is 9.59 Å². The fourth-order valence-electron chi connectivity index (χ4n) is 3.67. The van der Waals surface area contributed by atoms with E-state index in [0.717, 1.165) is 15.4 Å². The fourth-order valence-corrected chi connectivity index (χ4v) is 5.11. The zero-order valence-corrected chi connectivity index (χ0v) is 18.5. The predicted molar refractivity (Wildman–Crippen MR) is 113 cm³/mol. The Morgan fingerprint density at radius 2 is 1.67 bits per heavy atom. The highest BCUT2D eigenvalue weighted by atomic mass is 32.2. The average molecular weight is 430 g/mol. The Balaban J connectivity index is 1.98. The SMILES string of the molecule is CCOC(=O)[C@H]1C(=O)N(S(=O)(=O)c2ccc(C(C)(C)C)cc2)C[C@@H]1c1ccccc1. The Kier molecular flexibility index (Phi) is 6.04. The molecule has 0 spiro atoms. The van der Waals surface area contributed by atoms with Crippen LogP contribution < -0.4 is 0 Å². The summed E-state index contributed by atoms with van der Waals surface area (Å²) < 4.78 is 32.4. The molecule has 2 aromatic carbocycles. The van der Waals surface area contributed by atoms with Crippen molar-refractivity contribution in [3.05, 3.63) is 65.7 Å². The molecule has 0 aliphatic carbocycles. The number of hydrogen-bond acceptors (Lipinski definition) is 5. The van der Waals surface area contributed by atoms with Gasteiger partial charge in [0.05, 0.1) is 11.5 Å². The van der Waals surface area contributed by atoms with Gasteiger partial charge in [0.15, 0.2) is 0 Å². The van der Waals surface area contributed by atoms with Crippen LogP contribution in [0.1, 0.15) is 44.7 Å². The molecule has 7 heteroatoms. The molecule has 2 aromatic rings. The lowest BCUT2D eigenvalue weighted by Crippen LogP contribution is -2.36. The zero-order chi connectivity index (χ0) is 22.1. The minimum Gasteiger partial charge on any atom is -0.465 e. The van der Waals surface area contributed by atoms with Crippen molar-refractivity contribution in [1.29, 1.82) is 0 Å². The smallest absolute Gasteiger partial charge is 0.319 e. The lowest BCUT2D eigenvalue weighted by molar-refractivity contribution is -0.152. The Morgan fingerprint density at radius 3 is 2.20 bits per heavy atom. The molecule has 1 fully saturated rings. The van der Waals surface area contributed by atoms with Gasteiger partial charge < -0.3 is 4.74 Å².